The van der Waals surface area contributed by atoms with Crippen LogP contribution in [0.15, 0.2) is 18.2 Å². The number of benzene rings is 1. The zero-order chi connectivity index (χ0) is 11.5. The predicted molar refractivity (Wildman–Crippen MR) is 60.8 cm³/mol. The monoisotopic (exact) mass is 222 g/mol. The zero-order valence-electron chi connectivity index (χ0n) is 9.28. The number of nitrogens with zero attached hydrogens (tertiary/aromatic N) is 2. The first-order valence-electron chi connectivity index (χ1n) is 5.52. The minimum atomic E-state index is -0.250. The lowest BCUT2D eigenvalue weighted by Crippen LogP contribution is -2.02. The highest BCUT2D eigenvalue weighted by atomic mass is 19.1. The van der Waals surface area contributed by atoms with Crippen LogP contribution in [0.4, 0.5) is 4.39 Å². The van der Waals surface area contributed by atoms with Crippen molar-refractivity contribution < 1.29 is 9.50 Å². The second kappa shape index (κ2) is 4.61. The van der Waals surface area contributed by atoms with Crippen molar-refractivity contribution in [1.82, 2.24) is 9.78 Å². The van der Waals surface area contributed by atoms with Gasteiger partial charge in [0.2, 0.25) is 0 Å². The number of aryl methyl sites for hydroxylation is 2. The van der Waals surface area contributed by atoms with E-state index in [1.54, 1.807) is 10.7 Å². The Labute approximate surface area is 93.5 Å². The van der Waals surface area contributed by atoms with E-state index in [2.05, 4.69) is 5.10 Å². The molecule has 1 aromatic heterocycles. The standard InChI is InChI=1S/C12H15FN2O/c1-2-11-10-5-4-9(13)8-12(10)15(14-11)6-3-7-16/h4-5,8,16H,2-3,6-7H2,1H3. The highest BCUT2D eigenvalue weighted by Gasteiger charge is 2.09. The summed E-state index contributed by atoms with van der Waals surface area (Å²) in [6.45, 7) is 2.77. The van der Waals surface area contributed by atoms with Gasteiger partial charge in [-0.3, -0.25) is 4.68 Å². The molecule has 1 N–H and O–H groups in total. The molecule has 0 aliphatic carbocycles. The molecule has 0 fully saturated rings. The van der Waals surface area contributed by atoms with Gasteiger partial charge in [-0.05, 0) is 31.0 Å². The fourth-order valence-corrected chi connectivity index (χ4v) is 1.87. The molecule has 1 heterocycles. The molecule has 2 aromatic rings. The van der Waals surface area contributed by atoms with Gasteiger partial charge in [-0.15, -0.1) is 0 Å². The van der Waals surface area contributed by atoms with Crippen molar-refractivity contribution in [2.75, 3.05) is 6.61 Å². The maximum absolute atomic E-state index is 13.2. The van der Waals surface area contributed by atoms with Gasteiger partial charge in [0.05, 0.1) is 11.2 Å². The van der Waals surface area contributed by atoms with Crippen LogP contribution < -0.4 is 0 Å². The molecule has 0 radical (unpaired) electrons. The molecule has 0 saturated heterocycles. The van der Waals surface area contributed by atoms with Crippen molar-refractivity contribution in [3.63, 3.8) is 0 Å². The Hall–Kier alpha value is -1.42. The van der Waals surface area contributed by atoms with Gasteiger partial charge in [-0.1, -0.05) is 6.92 Å². The molecule has 0 amide bonds. The largest absolute Gasteiger partial charge is 0.396 e. The average molecular weight is 222 g/mol. The van der Waals surface area contributed by atoms with E-state index < -0.39 is 0 Å². The van der Waals surface area contributed by atoms with Crippen LogP contribution in [0.5, 0.6) is 0 Å². The maximum Gasteiger partial charge on any atom is 0.125 e. The Morgan fingerprint density at radius 1 is 1.44 bits per heavy atom. The molecule has 1 aromatic carbocycles. The van der Waals surface area contributed by atoms with Crippen LogP contribution in [-0.4, -0.2) is 21.5 Å². The summed E-state index contributed by atoms with van der Waals surface area (Å²) >= 11 is 0. The molecular weight excluding hydrogens is 207 g/mol. The molecule has 0 saturated carbocycles. The Bertz CT molecular complexity index is 493. The summed E-state index contributed by atoms with van der Waals surface area (Å²) in [5.74, 6) is -0.250. The molecule has 0 atom stereocenters. The summed E-state index contributed by atoms with van der Waals surface area (Å²) in [6.07, 6.45) is 1.46. The number of aliphatic hydroxyl groups is 1. The van der Waals surface area contributed by atoms with E-state index in [-0.39, 0.29) is 12.4 Å². The molecule has 0 aliphatic rings. The predicted octanol–water partition coefficient (Wildman–Crippen LogP) is 2.12. The first-order chi connectivity index (χ1) is 7.76. The van der Waals surface area contributed by atoms with Crippen LogP contribution in [0, 0.1) is 5.82 Å². The lowest BCUT2D eigenvalue weighted by Gasteiger charge is -2.01. The van der Waals surface area contributed by atoms with Crippen LogP contribution in [0.25, 0.3) is 10.9 Å². The summed E-state index contributed by atoms with van der Waals surface area (Å²) in [5, 5.41) is 14.2. The van der Waals surface area contributed by atoms with Crippen LogP contribution in [-0.2, 0) is 13.0 Å². The molecular formula is C12H15FN2O. The van der Waals surface area contributed by atoms with Gasteiger partial charge in [0.15, 0.2) is 0 Å². The van der Waals surface area contributed by atoms with Crippen molar-refractivity contribution in [2.24, 2.45) is 0 Å². The minimum absolute atomic E-state index is 0.123. The minimum Gasteiger partial charge on any atom is -0.396 e. The van der Waals surface area contributed by atoms with Gasteiger partial charge in [0.25, 0.3) is 0 Å². The molecule has 86 valence electrons. The fourth-order valence-electron chi connectivity index (χ4n) is 1.87. The van der Waals surface area contributed by atoms with Gasteiger partial charge < -0.3 is 5.11 Å². The maximum atomic E-state index is 13.2. The van der Waals surface area contributed by atoms with E-state index in [1.165, 1.54) is 12.1 Å². The molecule has 0 spiro atoms. The number of halogens is 1. The first-order valence-corrected chi connectivity index (χ1v) is 5.52. The van der Waals surface area contributed by atoms with Gasteiger partial charge in [-0.2, -0.15) is 5.10 Å². The Balaban J connectivity index is 2.50. The van der Waals surface area contributed by atoms with Gasteiger partial charge in [-0.25, -0.2) is 4.39 Å². The van der Waals surface area contributed by atoms with E-state index in [9.17, 15) is 4.39 Å². The van der Waals surface area contributed by atoms with E-state index >= 15 is 0 Å². The third kappa shape index (κ3) is 1.93. The number of aliphatic hydroxyl groups excluding tert-OH is 1. The first kappa shape index (κ1) is 11.1. The number of hydrogen-bond acceptors (Lipinski definition) is 2. The number of hydrogen-bond donors (Lipinski definition) is 1. The molecule has 4 heteroatoms. The lowest BCUT2D eigenvalue weighted by molar-refractivity contribution is 0.278. The molecule has 3 nitrogen and oxygen atoms in total. The van der Waals surface area contributed by atoms with Crippen LogP contribution in [0.3, 0.4) is 0 Å². The number of rotatable bonds is 4. The summed E-state index contributed by atoms with van der Waals surface area (Å²) in [6, 6.07) is 4.73. The Kier molecular flexibility index (Phi) is 3.19. The fraction of sp³-hybridized carbons (Fsp3) is 0.417. The topological polar surface area (TPSA) is 38.0 Å². The van der Waals surface area contributed by atoms with E-state index in [0.29, 0.717) is 13.0 Å². The van der Waals surface area contributed by atoms with Crippen LogP contribution >= 0.6 is 0 Å². The second-order valence-electron chi connectivity index (χ2n) is 3.76. The Morgan fingerprint density at radius 3 is 2.94 bits per heavy atom. The molecule has 0 unspecified atom stereocenters. The smallest absolute Gasteiger partial charge is 0.125 e. The summed E-state index contributed by atoms with van der Waals surface area (Å²) in [7, 11) is 0. The van der Waals surface area contributed by atoms with Gasteiger partial charge in [0.1, 0.15) is 5.82 Å². The highest BCUT2D eigenvalue weighted by molar-refractivity contribution is 5.82. The second-order valence-corrected chi connectivity index (χ2v) is 3.76. The third-order valence-corrected chi connectivity index (χ3v) is 2.65. The van der Waals surface area contributed by atoms with Crippen molar-refractivity contribution in [3.05, 3.63) is 29.7 Å². The zero-order valence-corrected chi connectivity index (χ0v) is 9.28. The third-order valence-electron chi connectivity index (χ3n) is 2.65. The summed E-state index contributed by atoms with van der Waals surface area (Å²) < 4.78 is 14.9. The van der Waals surface area contributed by atoms with E-state index in [0.717, 1.165) is 23.0 Å². The SMILES string of the molecule is CCc1nn(CCCO)c2cc(F)ccc12. The lowest BCUT2D eigenvalue weighted by atomic mass is 10.2. The van der Waals surface area contributed by atoms with Crippen molar-refractivity contribution in [1.29, 1.82) is 0 Å². The van der Waals surface area contributed by atoms with E-state index in [4.69, 9.17) is 5.11 Å². The van der Waals surface area contributed by atoms with Crippen molar-refractivity contribution in [3.8, 4) is 0 Å². The molecule has 2 rings (SSSR count). The number of fused-ring (bicyclic) bond motifs is 1. The van der Waals surface area contributed by atoms with Crippen LogP contribution in [0.1, 0.15) is 19.0 Å². The van der Waals surface area contributed by atoms with Gasteiger partial charge >= 0.3 is 0 Å². The van der Waals surface area contributed by atoms with Gasteiger partial charge in [0, 0.05) is 18.5 Å². The van der Waals surface area contributed by atoms with E-state index in [1.807, 2.05) is 6.92 Å². The molecule has 0 bridgehead atoms. The molecule has 16 heavy (non-hydrogen) atoms. The van der Waals surface area contributed by atoms with Crippen molar-refractivity contribution in [2.45, 2.75) is 26.3 Å². The quantitative estimate of drug-likeness (QED) is 0.860. The summed E-state index contributed by atoms with van der Waals surface area (Å²) in [4.78, 5) is 0. The molecule has 0 aliphatic heterocycles. The summed E-state index contributed by atoms with van der Waals surface area (Å²) in [5.41, 5.74) is 1.79. The normalized spacial score (nSPS) is 11.2. The Morgan fingerprint density at radius 2 is 2.25 bits per heavy atom. The van der Waals surface area contributed by atoms with Crippen molar-refractivity contribution >= 4 is 10.9 Å². The number of aromatic nitrogens is 2. The average Bonchev–Trinajstić information content (AvgIpc) is 2.64. The van der Waals surface area contributed by atoms with Crippen LogP contribution in [0.2, 0.25) is 0 Å². The highest BCUT2D eigenvalue weighted by Crippen LogP contribution is 2.20.